The van der Waals surface area contributed by atoms with Crippen LogP contribution in [0.3, 0.4) is 0 Å². The zero-order valence-corrected chi connectivity index (χ0v) is 14.1. The van der Waals surface area contributed by atoms with Gasteiger partial charge in [-0.05, 0) is 55.1 Å². The molecule has 1 saturated heterocycles. The summed E-state index contributed by atoms with van der Waals surface area (Å²) in [6.45, 7) is 1.11. The Balaban J connectivity index is 1.55. The topological polar surface area (TPSA) is 41.6 Å². The van der Waals surface area contributed by atoms with Crippen molar-refractivity contribution in [2.24, 2.45) is 0 Å². The lowest BCUT2D eigenvalue weighted by Crippen LogP contribution is -2.32. The largest absolute Gasteiger partial charge is 0.573 e. The Bertz CT molecular complexity index is 702. The van der Waals surface area contributed by atoms with Crippen molar-refractivity contribution < 1.29 is 22.7 Å². The van der Waals surface area contributed by atoms with E-state index in [0.29, 0.717) is 5.69 Å². The molecule has 0 unspecified atom stereocenters. The minimum Gasteiger partial charge on any atom is -0.406 e. The molecule has 0 aliphatic carbocycles. The fourth-order valence-electron chi connectivity index (χ4n) is 2.94. The average Bonchev–Trinajstić information content (AvgIpc) is 3.18. The van der Waals surface area contributed by atoms with Crippen LogP contribution in [0.25, 0.3) is 0 Å². The monoisotopic (exact) mass is 370 g/mol. The lowest BCUT2D eigenvalue weighted by Gasteiger charge is -2.22. The van der Waals surface area contributed by atoms with Gasteiger partial charge in [0.05, 0.1) is 6.54 Å². The summed E-state index contributed by atoms with van der Waals surface area (Å²) >= 11 is 1.68. The first kappa shape index (κ1) is 17.8. The second-order valence-corrected chi connectivity index (χ2v) is 6.74. The van der Waals surface area contributed by atoms with Gasteiger partial charge in [-0.2, -0.15) is 0 Å². The van der Waals surface area contributed by atoms with Gasteiger partial charge in [0.15, 0.2) is 0 Å². The summed E-state index contributed by atoms with van der Waals surface area (Å²) in [4.78, 5) is 15.6. The minimum atomic E-state index is -4.72. The number of nitrogens with zero attached hydrogens (tertiary/aromatic N) is 1. The molecule has 4 nitrogen and oxygen atoms in total. The predicted octanol–water partition coefficient (Wildman–Crippen LogP) is 4.42. The van der Waals surface area contributed by atoms with Gasteiger partial charge in [-0.25, -0.2) is 0 Å². The van der Waals surface area contributed by atoms with E-state index >= 15 is 0 Å². The lowest BCUT2D eigenvalue weighted by atomic mass is 10.2. The maximum absolute atomic E-state index is 12.2. The quantitative estimate of drug-likeness (QED) is 0.847. The van der Waals surface area contributed by atoms with E-state index in [1.54, 1.807) is 11.3 Å². The summed E-state index contributed by atoms with van der Waals surface area (Å²) in [5.74, 6) is -0.504. The second kappa shape index (κ2) is 7.45. The lowest BCUT2D eigenvalue weighted by molar-refractivity contribution is -0.274. The number of likely N-dealkylation sites (tertiary alicyclic amines) is 1. The Hall–Kier alpha value is -2.06. The summed E-state index contributed by atoms with van der Waals surface area (Å²) in [6.07, 6.45) is -2.66. The van der Waals surface area contributed by atoms with Gasteiger partial charge in [0.2, 0.25) is 5.91 Å². The maximum atomic E-state index is 12.2. The highest BCUT2D eigenvalue weighted by Crippen LogP contribution is 2.34. The Morgan fingerprint density at radius 3 is 2.68 bits per heavy atom. The first-order chi connectivity index (χ1) is 11.9. The molecular weight excluding hydrogens is 353 g/mol. The number of hydrogen-bond acceptors (Lipinski definition) is 4. The van der Waals surface area contributed by atoms with Gasteiger partial charge in [0, 0.05) is 16.6 Å². The molecule has 0 radical (unpaired) electrons. The molecule has 2 heterocycles. The van der Waals surface area contributed by atoms with E-state index in [1.165, 1.54) is 29.1 Å². The number of halogens is 3. The summed E-state index contributed by atoms with van der Waals surface area (Å²) in [6, 6.07) is 9.46. The molecule has 0 spiro atoms. The summed E-state index contributed by atoms with van der Waals surface area (Å²) in [7, 11) is 0. The number of anilines is 1. The number of alkyl halides is 3. The molecule has 3 rings (SSSR count). The molecule has 0 bridgehead atoms. The maximum Gasteiger partial charge on any atom is 0.573 e. The van der Waals surface area contributed by atoms with Crippen LogP contribution >= 0.6 is 11.3 Å². The fraction of sp³-hybridized carbons (Fsp3) is 0.353. The summed E-state index contributed by atoms with van der Waals surface area (Å²) in [5, 5.41) is 4.73. The highest BCUT2D eigenvalue weighted by molar-refractivity contribution is 7.10. The van der Waals surface area contributed by atoms with Crippen molar-refractivity contribution in [1.82, 2.24) is 4.90 Å². The van der Waals surface area contributed by atoms with Crippen molar-refractivity contribution in [2.75, 3.05) is 18.4 Å². The molecule has 1 aliphatic rings. The van der Waals surface area contributed by atoms with Crippen LogP contribution < -0.4 is 10.1 Å². The molecule has 1 aliphatic heterocycles. The van der Waals surface area contributed by atoms with Crippen LogP contribution in [-0.2, 0) is 4.79 Å². The number of carbonyl (C=O) groups is 1. The molecule has 0 saturated carbocycles. The number of hydrogen-bond donors (Lipinski definition) is 1. The number of thiophene rings is 1. The van der Waals surface area contributed by atoms with Crippen molar-refractivity contribution in [3.05, 3.63) is 46.7 Å². The number of rotatable bonds is 5. The van der Waals surface area contributed by atoms with E-state index in [1.807, 2.05) is 11.4 Å². The highest BCUT2D eigenvalue weighted by atomic mass is 32.1. The molecule has 1 aromatic carbocycles. The van der Waals surface area contributed by atoms with E-state index in [4.69, 9.17) is 0 Å². The molecule has 8 heteroatoms. The van der Waals surface area contributed by atoms with Crippen LogP contribution in [0.5, 0.6) is 5.75 Å². The molecule has 1 atom stereocenters. The van der Waals surface area contributed by atoms with Crippen LogP contribution in [-0.4, -0.2) is 30.3 Å². The van der Waals surface area contributed by atoms with Gasteiger partial charge in [0.1, 0.15) is 5.75 Å². The molecule has 134 valence electrons. The zero-order chi connectivity index (χ0) is 17.9. The van der Waals surface area contributed by atoms with E-state index < -0.39 is 6.36 Å². The summed E-state index contributed by atoms with van der Waals surface area (Å²) < 4.78 is 40.2. The zero-order valence-electron chi connectivity index (χ0n) is 13.3. The normalized spacial score (nSPS) is 18.3. The molecular formula is C17H17F3N2O2S. The third kappa shape index (κ3) is 4.96. The Morgan fingerprint density at radius 2 is 2.04 bits per heavy atom. The van der Waals surface area contributed by atoms with Crippen LogP contribution in [0.1, 0.15) is 23.8 Å². The SMILES string of the molecule is O=C(CN1CCC[C@@H]1c1cccs1)Nc1ccc(OC(F)(F)F)cc1. The predicted molar refractivity (Wildman–Crippen MR) is 89.6 cm³/mol. The molecule has 1 N–H and O–H groups in total. The Kier molecular flexibility index (Phi) is 5.29. The number of carbonyl (C=O) groups excluding carboxylic acids is 1. The van der Waals surface area contributed by atoms with E-state index in [-0.39, 0.29) is 24.2 Å². The van der Waals surface area contributed by atoms with Crippen molar-refractivity contribution in [1.29, 1.82) is 0 Å². The molecule has 1 amide bonds. The van der Waals surface area contributed by atoms with Gasteiger partial charge >= 0.3 is 6.36 Å². The first-order valence-corrected chi connectivity index (χ1v) is 8.72. The van der Waals surface area contributed by atoms with E-state index in [2.05, 4.69) is 21.0 Å². The Labute approximate surface area is 147 Å². The van der Waals surface area contributed by atoms with Gasteiger partial charge in [-0.15, -0.1) is 24.5 Å². The van der Waals surface area contributed by atoms with Gasteiger partial charge < -0.3 is 10.1 Å². The van der Waals surface area contributed by atoms with Crippen molar-refractivity contribution in [2.45, 2.75) is 25.2 Å². The van der Waals surface area contributed by atoms with Crippen molar-refractivity contribution in [3.8, 4) is 5.75 Å². The van der Waals surface area contributed by atoms with Crippen LogP contribution in [0.4, 0.5) is 18.9 Å². The summed E-state index contributed by atoms with van der Waals surface area (Å²) in [5.41, 5.74) is 0.436. The van der Waals surface area contributed by atoms with Crippen molar-refractivity contribution >= 4 is 22.9 Å². The number of ether oxygens (including phenoxy) is 1. The van der Waals surface area contributed by atoms with Gasteiger partial charge in [-0.3, -0.25) is 9.69 Å². The van der Waals surface area contributed by atoms with E-state index in [9.17, 15) is 18.0 Å². The first-order valence-electron chi connectivity index (χ1n) is 7.84. The van der Waals surface area contributed by atoms with Crippen LogP contribution in [0.2, 0.25) is 0 Å². The Morgan fingerprint density at radius 1 is 1.28 bits per heavy atom. The fourth-order valence-corrected chi connectivity index (χ4v) is 3.84. The number of nitrogens with one attached hydrogen (secondary N) is 1. The molecule has 1 fully saturated rings. The molecule has 1 aromatic heterocycles. The highest BCUT2D eigenvalue weighted by Gasteiger charge is 2.31. The molecule has 25 heavy (non-hydrogen) atoms. The number of benzene rings is 1. The van der Waals surface area contributed by atoms with Crippen molar-refractivity contribution in [3.63, 3.8) is 0 Å². The third-order valence-electron chi connectivity index (χ3n) is 3.95. The third-order valence-corrected chi connectivity index (χ3v) is 4.93. The standard InChI is InChI=1S/C17H17F3N2O2S/c18-17(19,20)24-13-7-5-12(6-8-13)21-16(23)11-22-9-1-3-14(22)15-4-2-10-25-15/h2,4-8,10,14H,1,3,9,11H2,(H,21,23)/t14-/m1/s1. The van der Waals surface area contributed by atoms with Crippen LogP contribution in [0, 0.1) is 0 Å². The smallest absolute Gasteiger partial charge is 0.406 e. The minimum absolute atomic E-state index is 0.187. The number of amides is 1. The van der Waals surface area contributed by atoms with E-state index in [0.717, 1.165) is 19.4 Å². The second-order valence-electron chi connectivity index (χ2n) is 5.76. The average molecular weight is 370 g/mol. The van der Waals surface area contributed by atoms with Gasteiger partial charge in [-0.1, -0.05) is 6.07 Å². The van der Waals surface area contributed by atoms with Crippen LogP contribution in [0.15, 0.2) is 41.8 Å². The molecule has 2 aromatic rings. The van der Waals surface area contributed by atoms with Gasteiger partial charge in [0.25, 0.3) is 0 Å².